The Hall–Kier alpha value is -2.10. The summed E-state index contributed by atoms with van der Waals surface area (Å²) < 4.78 is 0. The van der Waals surface area contributed by atoms with Gasteiger partial charge in [-0.15, -0.1) is 0 Å². The topological polar surface area (TPSA) is 65.7 Å². The second kappa shape index (κ2) is 6.42. The molecule has 0 spiro atoms. The fourth-order valence-corrected chi connectivity index (χ4v) is 4.24. The molecule has 0 aromatic carbocycles. The minimum atomic E-state index is 0.443. The van der Waals surface area contributed by atoms with Crippen molar-refractivity contribution in [2.45, 2.75) is 65.2 Å². The average molecular weight is 326 g/mol. The number of carbonyl (C=O) groups is 2. The molecule has 0 bridgehead atoms. The molecule has 2 N–H and O–H groups in total. The van der Waals surface area contributed by atoms with Crippen molar-refractivity contribution in [3.05, 3.63) is 45.0 Å². The lowest BCUT2D eigenvalue weighted by atomic mass is 9.77. The monoisotopic (exact) mass is 326 g/mol. The smallest absolute Gasteiger partial charge is 0.166 e. The lowest BCUT2D eigenvalue weighted by Gasteiger charge is -2.29. The summed E-state index contributed by atoms with van der Waals surface area (Å²) in [6.45, 7) is 8.22. The van der Waals surface area contributed by atoms with Crippen LogP contribution in [0, 0.1) is 27.7 Å². The zero-order valence-corrected chi connectivity index (χ0v) is 15.0. The maximum absolute atomic E-state index is 11.2. The molecule has 1 aliphatic carbocycles. The molecule has 1 aliphatic rings. The number of carbonyl (C=O) groups excluding carboxylic acids is 2. The summed E-state index contributed by atoms with van der Waals surface area (Å²) in [6.07, 6.45) is 6.35. The third-order valence-electron chi connectivity index (χ3n) is 6.01. The van der Waals surface area contributed by atoms with E-state index in [1.807, 2.05) is 13.8 Å². The van der Waals surface area contributed by atoms with Crippen LogP contribution in [-0.2, 0) is 0 Å². The van der Waals surface area contributed by atoms with Crippen LogP contribution in [0.1, 0.15) is 92.1 Å². The van der Waals surface area contributed by atoms with E-state index in [4.69, 9.17) is 0 Å². The van der Waals surface area contributed by atoms with Crippen molar-refractivity contribution in [3.63, 3.8) is 0 Å². The Balaban J connectivity index is 1.90. The molecule has 4 nitrogen and oxygen atoms in total. The quantitative estimate of drug-likeness (QED) is 0.804. The van der Waals surface area contributed by atoms with Crippen LogP contribution in [0.4, 0.5) is 0 Å². The predicted octanol–water partition coefficient (Wildman–Crippen LogP) is 4.64. The van der Waals surface area contributed by atoms with Crippen LogP contribution in [0.5, 0.6) is 0 Å². The number of H-pyrrole nitrogens is 2. The van der Waals surface area contributed by atoms with Crippen LogP contribution in [0.2, 0.25) is 0 Å². The maximum atomic E-state index is 11.2. The van der Waals surface area contributed by atoms with Gasteiger partial charge in [0.2, 0.25) is 0 Å². The fourth-order valence-electron chi connectivity index (χ4n) is 4.24. The Bertz CT molecular complexity index is 718. The van der Waals surface area contributed by atoms with Gasteiger partial charge < -0.3 is 9.97 Å². The van der Waals surface area contributed by atoms with Gasteiger partial charge in [0.25, 0.3) is 0 Å². The molecule has 0 unspecified atom stereocenters. The van der Waals surface area contributed by atoms with Gasteiger partial charge in [-0.3, -0.25) is 9.59 Å². The third-order valence-corrected chi connectivity index (χ3v) is 6.01. The van der Waals surface area contributed by atoms with Crippen molar-refractivity contribution < 1.29 is 9.59 Å². The molecule has 0 saturated heterocycles. The SMILES string of the molecule is Cc1c(C=O)[nH]c([C@@H]2CCC[C@@H](c3[nH]c(C=O)c(C)c3C)C2)c1C. The van der Waals surface area contributed by atoms with Crippen molar-refractivity contribution >= 4 is 12.6 Å². The molecular weight excluding hydrogens is 300 g/mol. The first-order valence-electron chi connectivity index (χ1n) is 8.76. The molecule has 0 amide bonds. The minimum absolute atomic E-state index is 0.443. The fraction of sp³-hybridized carbons (Fsp3) is 0.500. The van der Waals surface area contributed by atoms with Gasteiger partial charge in [-0.1, -0.05) is 6.42 Å². The molecule has 2 aromatic rings. The van der Waals surface area contributed by atoms with Gasteiger partial charge >= 0.3 is 0 Å². The molecule has 1 saturated carbocycles. The zero-order chi connectivity index (χ0) is 17.4. The van der Waals surface area contributed by atoms with Crippen LogP contribution in [0.15, 0.2) is 0 Å². The summed E-state index contributed by atoms with van der Waals surface area (Å²) >= 11 is 0. The Labute approximate surface area is 143 Å². The first kappa shape index (κ1) is 16.7. The van der Waals surface area contributed by atoms with E-state index in [1.54, 1.807) is 0 Å². The number of aldehydes is 2. The first-order valence-corrected chi connectivity index (χ1v) is 8.76. The normalized spacial score (nSPS) is 21.0. The molecule has 2 atom stereocenters. The zero-order valence-electron chi connectivity index (χ0n) is 15.0. The summed E-state index contributed by atoms with van der Waals surface area (Å²) in [4.78, 5) is 29.1. The Morgan fingerprint density at radius 1 is 0.750 bits per heavy atom. The molecule has 4 heteroatoms. The van der Waals surface area contributed by atoms with Gasteiger partial charge in [0.1, 0.15) is 0 Å². The minimum Gasteiger partial charge on any atom is -0.356 e. The van der Waals surface area contributed by atoms with Gasteiger partial charge in [0.15, 0.2) is 12.6 Å². The maximum Gasteiger partial charge on any atom is 0.166 e. The number of nitrogens with one attached hydrogen (secondary N) is 2. The summed E-state index contributed by atoms with van der Waals surface area (Å²) in [6, 6.07) is 0. The summed E-state index contributed by atoms with van der Waals surface area (Å²) in [5.41, 5.74) is 8.42. The second-order valence-corrected chi connectivity index (χ2v) is 7.20. The van der Waals surface area contributed by atoms with Crippen LogP contribution in [-0.4, -0.2) is 22.5 Å². The van der Waals surface area contributed by atoms with Crippen molar-refractivity contribution in [2.75, 3.05) is 0 Å². The van der Waals surface area contributed by atoms with E-state index in [0.717, 1.165) is 49.4 Å². The number of hydrogen-bond acceptors (Lipinski definition) is 2. The third kappa shape index (κ3) is 2.64. The molecular formula is C20H26N2O2. The molecule has 1 fully saturated rings. The molecule has 128 valence electrons. The molecule has 0 radical (unpaired) electrons. The summed E-state index contributed by atoms with van der Waals surface area (Å²) in [5.74, 6) is 0.887. The van der Waals surface area contributed by atoms with Crippen LogP contribution in [0.3, 0.4) is 0 Å². The summed E-state index contributed by atoms with van der Waals surface area (Å²) in [7, 11) is 0. The van der Waals surface area contributed by atoms with E-state index in [2.05, 4.69) is 23.8 Å². The van der Waals surface area contributed by atoms with Crippen LogP contribution in [0.25, 0.3) is 0 Å². The van der Waals surface area contributed by atoms with Gasteiger partial charge in [-0.25, -0.2) is 0 Å². The van der Waals surface area contributed by atoms with Crippen molar-refractivity contribution in [1.29, 1.82) is 0 Å². The van der Waals surface area contributed by atoms with E-state index in [0.29, 0.717) is 23.2 Å². The molecule has 2 heterocycles. The van der Waals surface area contributed by atoms with Crippen molar-refractivity contribution in [1.82, 2.24) is 9.97 Å². The number of aromatic nitrogens is 2. The van der Waals surface area contributed by atoms with Crippen molar-refractivity contribution in [3.8, 4) is 0 Å². The van der Waals surface area contributed by atoms with Crippen LogP contribution >= 0.6 is 0 Å². The second-order valence-electron chi connectivity index (χ2n) is 7.20. The van der Waals surface area contributed by atoms with E-state index >= 15 is 0 Å². The first-order chi connectivity index (χ1) is 11.5. The largest absolute Gasteiger partial charge is 0.356 e. The lowest BCUT2D eigenvalue weighted by Crippen LogP contribution is -2.15. The average Bonchev–Trinajstić information content (AvgIpc) is 3.05. The van der Waals surface area contributed by atoms with E-state index in [-0.39, 0.29) is 0 Å². The number of hydrogen-bond donors (Lipinski definition) is 2. The highest BCUT2D eigenvalue weighted by Crippen LogP contribution is 2.43. The van der Waals surface area contributed by atoms with E-state index in [9.17, 15) is 9.59 Å². The number of aromatic amines is 2. The standard InChI is InChI=1S/C20H26N2O2/c1-11-13(3)19(21-17(11)9-23)15-6-5-7-16(8-15)20-14(4)12(2)18(10-24)22-20/h9-10,15-16,21-22H,5-8H2,1-4H3/t15-,16-/m1/s1. The summed E-state index contributed by atoms with van der Waals surface area (Å²) in [5, 5.41) is 0. The molecule has 0 aliphatic heterocycles. The number of rotatable bonds is 4. The lowest BCUT2D eigenvalue weighted by molar-refractivity contribution is 0.111. The molecule has 2 aromatic heterocycles. The predicted molar refractivity (Wildman–Crippen MR) is 95.3 cm³/mol. The van der Waals surface area contributed by atoms with Crippen LogP contribution < -0.4 is 0 Å². The van der Waals surface area contributed by atoms with Gasteiger partial charge in [-0.2, -0.15) is 0 Å². The Morgan fingerprint density at radius 3 is 1.50 bits per heavy atom. The Morgan fingerprint density at radius 2 is 1.17 bits per heavy atom. The molecule has 24 heavy (non-hydrogen) atoms. The van der Waals surface area contributed by atoms with E-state index in [1.165, 1.54) is 22.5 Å². The molecule has 3 rings (SSSR count). The van der Waals surface area contributed by atoms with Gasteiger partial charge in [-0.05, 0) is 81.0 Å². The highest BCUT2D eigenvalue weighted by Gasteiger charge is 2.29. The van der Waals surface area contributed by atoms with E-state index < -0.39 is 0 Å². The Kier molecular flexibility index (Phi) is 4.48. The van der Waals surface area contributed by atoms with Crippen molar-refractivity contribution in [2.24, 2.45) is 0 Å². The highest BCUT2D eigenvalue weighted by atomic mass is 16.1. The highest BCUT2D eigenvalue weighted by molar-refractivity contribution is 5.76. The van der Waals surface area contributed by atoms with Gasteiger partial charge in [0, 0.05) is 11.4 Å². The van der Waals surface area contributed by atoms with Gasteiger partial charge in [0.05, 0.1) is 11.4 Å².